The fraction of sp³-hybridized carbons (Fsp3) is 0. The summed E-state index contributed by atoms with van der Waals surface area (Å²) in [6.45, 7) is 0. The first kappa shape index (κ1) is 8.84. The van der Waals surface area contributed by atoms with E-state index in [1.165, 1.54) is 0 Å². The Hall–Kier alpha value is -2.43. The fourth-order valence-electron chi connectivity index (χ4n) is 1.63. The second-order valence-electron chi connectivity index (χ2n) is 3.34. The number of nitrogens with zero attached hydrogens (tertiary/aromatic N) is 3. The molecule has 16 heavy (non-hydrogen) atoms. The molecular formula is C11H9N5. The van der Waals surface area contributed by atoms with E-state index in [1.807, 2.05) is 24.3 Å². The van der Waals surface area contributed by atoms with Crippen LogP contribution in [0.2, 0.25) is 0 Å². The first-order chi connectivity index (χ1) is 7.95. The number of aromatic nitrogens is 5. The molecular weight excluding hydrogens is 202 g/mol. The second kappa shape index (κ2) is 3.62. The molecule has 0 fully saturated rings. The molecule has 3 aromatic heterocycles. The van der Waals surface area contributed by atoms with Crippen molar-refractivity contribution in [1.82, 2.24) is 25.4 Å². The Labute approximate surface area is 91.6 Å². The highest BCUT2D eigenvalue weighted by atomic mass is 15.1. The van der Waals surface area contributed by atoms with Crippen LogP contribution in [-0.4, -0.2) is 25.4 Å². The Morgan fingerprint density at radius 2 is 1.56 bits per heavy atom. The summed E-state index contributed by atoms with van der Waals surface area (Å²) in [5.41, 5.74) is 3.71. The van der Waals surface area contributed by atoms with Crippen molar-refractivity contribution in [2.45, 2.75) is 0 Å². The van der Waals surface area contributed by atoms with Crippen LogP contribution in [0.5, 0.6) is 0 Å². The molecule has 0 spiro atoms. The summed E-state index contributed by atoms with van der Waals surface area (Å²) in [7, 11) is 0. The van der Waals surface area contributed by atoms with Crippen LogP contribution in [0.1, 0.15) is 0 Å². The number of rotatable bonds is 2. The maximum Gasteiger partial charge on any atom is 0.0973 e. The van der Waals surface area contributed by atoms with Crippen LogP contribution in [0.15, 0.2) is 42.9 Å². The van der Waals surface area contributed by atoms with Crippen LogP contribution in [-0.2, 0) is 0 Å². The highest BCUT2D eigenvalue weighted by molar-refractivity contribution is 5.76. The van der Waals surface area contributed by atoms with Crippen molar-refractivity contribution in [3.8, 4) is 22.6 Å². The molecule has 78 valence electrons. The van der Waals surface area contributed by atoms with Gasteiger partial charge >= 0.3 is 0 Å². The van der Waals surface area contributed by atoms with E-state index in [9.17, 15) is 0 Å². The van der Waals surface area contributed by atoms with E-state index in [0.717, 1.165) is 22.6 Å². The predicted octanol–water partition coefficient (Wildman–Crippen LogP) is 1.86. The highest BCUT2D eigenvalue weighted by Crippen LogP contribution is 2.26. The monoisotopic (exact) mass is 211 g/mol. The van der Waals surface area contributed by atoms with Gasteiger partial charge in [0.15, 0.2) is 0 Å². The van der Waals surface area contributed by atoms with Crippen LogP contribution >= 0.6 is 0 Å². The summed E-state index contributed by atoms with van der Waals surface area (Å²) in [6.07, 6.45) is 5.19. The minimum absolute atomic E-state index is 0.865. The normalized spacial score (nSPS) is 10.5. The van der Waals surface area contributed by atoms with Gasteiger partial charge in [-0.2, -0.15) is 10.2 Å². The molecule has 0 atom stereocenters. The second-order valence-corrected chi connectivity index (χ2v) is 3.34. The molecule has 0 saturated carbocycles. The number of hydrogen-bond acceptors (Lipinski definition) is 3. The van der Waals surface area contributed by atoms with Gasteiger partial charge in [-0.3, -0.25) is 15.2 Å². The standard InChI is InChI=1S/C11H9N5/c1-2-8(9-3-6-13-15-9)11(12-5-1)10-4-7-14-16-10/h1-7H,(H,13,15)(H,14,16). The zero-order valence-electron chi connectivity index (χ0n) is 8.38. The van der Waals surface area contributed by atoms with E-state index < -0.39 is 0 Å². The third kappa shape index (κ3) is 1.38. The Morgan fingerprint density at radius 1 is 0.812 bits per heavy atom. The molecule has 3 rings (SSSR count). The fourth-order valence-corrected chi connectivity index (χ4v) is 1.63. The molecule has 5 nitrogen and oxygen atoms in total. The summed E-state index contributed by atoms with van der Waals surface area (Å²) in [5, 5.41) is 13.7. The van der Waals surface area contributed by atoms with Crippen LogP contribution in [0, 0.1) is 0 Å². The zero-order chi connectivity index (χ0) is 10.8. The molecule has 0 amide bonds. The van der Waals surface area contributed by atoms with Gasteiger partial charge in [-0.25, -0.2) is 0 Å². The molecule has 0 bridgehead atoms. The molecule has 0 aliphatic rings. The average Bonchev–Trinajstić information content (AvgIpc) is 3.03. The first-order valence-corrected chi connectivity index (χ1v) is 4.89. The van der Waals surface area contributed by atoms with Crippen molar-refractivity contribution < 1.29 is 0 Å². The highest BCUT2D eigenvalue weighted by Gasteiger charge is 2.09. The lowest BCUT2D eigenvalue weighted by atomic mass is 10.1. The molecule has 3 aromatic rings. The van der Waals surface area contributed by atoms with Crippen molar-refractivity contribution >= 4 is 0 Å². The van der Waals surface area contributed by atoms with Gasteiger partial charge in [-0.05, 0) is 24.3 Å². The third-order valence-corrected chi connectivity index (χ3v) is 2.35. The predicted molar refractivity (Wildman–Crippen MR) is 59.4 cm³/mol. The van der Waals surface area contributed by atoms with E-state index >= 15 is 0 Å². The van der Waals surface area contributed by atoms with Crippen LogP contribution in [0.3, 0.4) is 0 Å². The average molecular weight is 211 g/mol. The molecule has 3 heterocycles. The first-order valence-electron chi connectivity index (χ1n) is 4.89. The van der Waals surface area contributed by atoms with Crippen molar-refractivity contribution in [2.24, 2.45) is 0 Å². The maximum absolute atomic E-state index is 4.36. The van der Waals surface area contributed by atoms with Gasteiger partial charge in [-0.1, -0.05) is 0 Å². The Bertz CT molecular complexity index is 515. The largest absolute Gasteiger partial charge is 0.278 e. The quantitative estimate of drug-likeness (QED) is 0.679. The number of pyridine rings is 1. The third-order valence-electron chi connectivity index (χ3n) is 2.35. The lowest BCUT2D eigenvalue weighted by Crippen LogP contribution is -1.89. The lowest BCUT2D eigenvalue weighted by Gasteiger charge is -2.03. The van der Waals surface area contributed by atoms with E-state index in [2.05, 4.69) is 25.4 Å². The zero-order valence-corrected chi connectivity index (χ0v) is 8.38. The van der Waals surface area contributed by atoms with Gasteiger partial charge in [0.2, 0.25) is 0 Å². The summed E-state index contributed by atoms with van der Waals surface area (Å²) in [6, 6.07) is 7.70. The van der Waals surface area contributed by atoms with Gasteiger partial charge < -0.3 is 0 Å². The van der Waals surface area contributed by atoms with Gasteiger partial charge in [0.25, 0.3) is 0 Å². The summed E-state index contributed by atoms with van der Waals surface area (Å²) >= 11 is 0. The molecule has 0 unspecified atom stereocenters. The number of nitrogens with one attached hydrogen (secondary N) is 2. The van der Waals surface area contributed by atoms with E-state index in [-0.39, 0.29) is 0 Å². The van der Waals surface area contributed by atoms with Crippen LogP contribution in [0.25, 0.3) is 22.6 Å². The Morgan fingerprint density at radius 3 is 2.25 bits per heavy atom. The van der Waals surface area contributed by atoms with Gasteiger partial charge in [-0.15, -0.1) is 0 Å². The smallest absolute Gasteiger partial charge is 0.0973 e. The molecule has 5 heteroatoms. The minimum atomic E-state index is 0.865. The summed E-state index contributed by atoms with van der Waals surface area (Å²) < 4.78 is 0. The van der Waals surface area contributed by atoms with E-state index in [1.54, 1.807) is 18.6 Å². The Kier molecular flexibility index (Phi) is 2.00. The summed E-state index contributed by atoms with van der Waals surface area (Å²) in [4.78, 5) is 4.36. The Balaban J connectivity index is 2.19. The van der Waals surface area contributed by atoms with Crippen molar-refractivity contribution in [3.63, 3.8) is 0 Å². The van der Waals surface area contributed by atoms with Gasteiger partial charge in [0.05, 0.1) is 17.1 Å². The summed E-state index contributed by atoms with van der Waals surface area (Å²) in [5.74, 6) is 0. The van der Waals surface area contributed by atoms with Crippen LogP contribution < -0.4 is 0 Å². The van der Waals surface area contributed by atoms with Crippen LogP contribution in [0.4, 0.5) is 0 Å². The molecule has 0 aromatic carbocycles. The van der Waals surface area contributed by atoms with E-state index in [0.29, 0.717) is 0 Å². The van der Waals surface area contributed by atoms with Crippen molar-refractivity contribution in [2.75, 3.05) is 0 Å². The maximum atomic E-state index is 4.36. The molecule has 0 radical (unpaired) electrons. The number of H-pyrrole nitrogens is 2. The molecule has 0 aliphatic heterocycles. The molecule has 0 aliphatic carbocycles. The number of hydrogen-bond donors (Lipinski definition) is 2. The SMILES string of the molecule is c1cnc(-c2ccn[nH]2)c(-c2ccn[nH]2)c1. The minimum Gasteiger partial charge on any atom is -0.278 e. The lowest BCUT2D eigenvalue weighted by molar-refractivity contribution is 1.08. The van der Waals surface area contributed by atoms with E-state index in [4.69, 9.17) is 0 Å². The topological polar surface area (TPSA) is 70.2 Å². The van der Waals surface area contributed by atoms with Crippen molar-refractivity contribution in [1.29, 1.82) is 0 Å². The number of aromatic amines is 2. The molecule has 2 N–H and O–H groups in total. The van der Waals surface area contributed by atoms with Gasteiger partial charge in [0, 0.05) is 24.2 Å². The van der Waals surface area contributed by atoms with Gasteiger partial charge in [0.1, 0.15) is 0 Å². The van der Waals surface area contributed by atoms with Crippen molar-refractivity contribution in [3.05, 3.63) is 42.9 Å². The molecule has 0 saturated heterocycles.